The molecule has 1 amide bonds. The summed E-state index contributed by atoms with van der Waals surface area (Å²) in [6, 6.07) is 10.5. The normalized spacial score (nSPS) is 13.8. The van der Waals surface area contributed by atoms with Crippen molar-refractivity contribution >= 4 is 16.8 Å². The molecule has 1 fully saturated rings. The molecule has 0 spiro atoms. The summed E-state index contributed by atoms with van der Waals surface area (Å²) in [6.07, 6.45) is 2.79. The molecule has 188 valence electrons. The first-order valence-corrected chi connectivity index (χ1v) is 11.9. The number of fused-ring (bicyclic) bond motifs is 1. The van der Waals surface area contributed by atoms with Gasteiger partial charge >= 0.3 is 0 Å². The maximum atomic E-state index is 14.6. The number of likely N-dealkylation sites (tertiary alicyclic amines) is 1. The first-order chi connectivity index (χ1) is 17.6. The van der Waals surface area contributed by atoms with Crippen molar-refractivity contribution < 1.29 is 18.7 Å². The minimum Gasteiger partial charge on any atom is -0.488 e. The molecule has 0 unspecified atom stereocenters. The van der Waals surface area contributed by atoms with Crippen LogP contribution >= 0.6 is 0 Å². The number of hydrogen-bond acceptors (Lipinski definition) is 7. The van der Waals surface area contributed by atoms with Gasteiger partial charge in [-0.1, -0.05) is 12.1 Å². The maximum absolute atomic E-state index is 14.6. The standard InChI is InChI=1S/C25H28FN7O3/c1-3-8-27-17-13-32(14-17)25(34)16-4-6-18(7-5-16)33-15-22(29-31-33)24-19-11-20(26)23(36-10-9-35-2)12-21(19)28-30-24/h4-7,11-12,15,17,27H,3,8-10,13-14H2,1-2H3,(H,28,30). The van der Waals surface area contributed by atoms with Crippen LogP contribution < -0.4 is 10.1 Å². The van der Waals surface area contributed by atoms with Crippen LogP contribution in [0.15, 0.2) is 42.6 Å². The Balaban J connectivity index is 1.28. The van der Waals surface area contributed by atoms with Crippen LogP contribution in [0, 0.1) is 5.82 Å². The minimum atomic E-state index is -0.497. The van der Waals surface area contributed by atoms with Gasteiger partial charge in [0.2, 0.25) is 0 Å². The maximum Gasteiger partial charge on any atom is 0.253 e. The van der Waals surface area contributed by atoms with Crippen LogP contribution in [0.5, 0.6) is 5.75 Å². The molecule has 11 heteroatoms. The van der Waals surface area contributed by atoms with Gasteiger partial charge in [-0.2, -0.15) is 5.10 Å². The average Bonchev–Trinajstić information content (AvgIpc) is 3.50. The van der Waals surface area contributed by atoms with Crippen molar-refractivity contribution in [3.8, 4) is 22.8 Å². The van der Waals surface area contributed by atoms with E-state index in [1.165, 1.54) is 6.07 Å². The second-order valence-electron chi connectivity index (χ2n) is 8.70. The van der Waals surface area contributed by atoms with E-state index in [-0.39, 0.29) is 18.3 Å². The van der Waals surface area contributed by atoms with Crippen LogP contribution in [0.3, 0.4) is 0 Å². The Morgan fingerprint density at radius 1 is 1.22 bits per heavy atom. The van der Waals surface area contributed by atoms with Crippen molar-refractivity contribution in [3.05, 3.63) is 54.0 Å². The Bertz CT molecular complexity index is 1350. The summed E-state index contributed by atoms with van der Waals surface area (Å²) in [4.78, 5) is 14.5. The Kier molecular flexibility index (Phi) is 6.92. The van der Waals surface area contributed by atoms with Gasteiger partial charge in [0.1, 0.15) is 18.0 Å². The smallest absolute Gasteiger partial charge is 0.253 e. The Morgan fingerprint density at radius 3 is 2.78 bits per heavy atom. The van der Waals surface area contributed by atoms with Crippen LogP contribution in [-0.4, -0.2) is 82.0 Å². The van der Waals surface area contributed by atoms with E-state index in [1.54, 1.807) is 36.2 Å². The Morgan fingerprint density at radius 2 is 2.03 bits per heavy atom. The molecule has 36 heavy (non-hydrogen) atoms. The van der Waals surface area contributed by atoms with Gasteiger partial charge in [0, 0.05) is 43.3 Å². The number of carbonyl (C=O) groups excluding carboxylic acids is 1. The van der Waals surface area contributed by atoms with Gasteiger partial charge in [-0.15, -0.1) is 5.10 Å². The lowest BCUT2D eigenvalue weighted by atomic mass is 10.1. The number of halogens is 1. The lowest BCUT2D eigenvalue weighted by Crippen LogP contribution is -2.59. The molecule has 0 bridgehead atoms. The quantitative estimate of drug-likeness (QED) is 0.327. The van der Waals surface area contributed by atoms with Crippen molar-refractivity contribution in [2.24, 2.45) is 0 Å². The van der Waals surface area contributed by atoms with Crippen LogP contribution in [0.25, 0.3) is 28.0 Å². The van der Waals surface area contributed by atoms with E-state index in [0.29, 0.717) is 40.5 Å². The molecule has 0 saturated carbocycles. The highest BCUT2D eigenvalue weighted by atomic mass is 19.1. The van der Waals surface area contributed by atoms with Crippen LogP contribution in [-0.2, 0) is 4.74 Å². The lowest BCUT2D eigenvalue weighted by molar-refractivity contribution is 0.0568. The molecule has 10 nitrogen and oxygen atoms in total. The molecule has 4 aromatic rings. The van der Waals surface area contributed by atoms with Crippen molar-refractivity contribution in [3.63, 3.8) is 0 Å². The summed E-state index contributed by atoms with van der Waals surface area (Å²) in [6.45, 7) is 5.15. The van der Waals surface area contributed by atoms with Crippen molar-refractivity contribution in [1.29, 1.82) is 0 Å². The topological polar surface area (TPSA) is 110 Å². The molecule has 0 aliphatic carbocycles. The van der Waals surface area contributed by atoms with E-state index < -0.39 is 5.82 Å². The largest absolute Gasteiger partial charge is 0.488 e. The second kappa shape index (κ2) is 10.4. The predicted molar refractivity (Wildman–Crippen MR) is 132 cm³/mol. The number of ether oxygens (including phenoxy) is 2. The number of aromatic nitrogens is 5. The molecular formula is C25H28FN7O3. The number of methoxy groups -OCH3 is 1. The molecule has 0 radical (unpaired) electrons. The molecule has 1 aliphatic heterocycles. The van der Waals surface area contributed by atoms with Gasteiger partial charge in [0.05, 0.1) is 24.0 Å². The molecule has 0 atom stereocenters. The molecule has 2 N–H and O–H groups in total. The Labute approximate surface area is 207 Å². The van der Waals surface area contributed by atoms with Crippen molar-refractivity contribution in [2.75, 3.05) is 40.0 Å². The fourth-order valence-electron chi connectivity index (χ4n) is 4.12. The fraction of sp³-hybridized carbons (Fsp3) is 0.360. The summed E-state index contributed by atoms with van der Waals surface area (Å²) in [5.74, 6) is -0.353. The molecule has 1 aliphatic rings. The van der Waals surface area contributed by atoms with Crippen molar-refractivity contribution in [2.45, 2.75) is 19.4 Å². The number of hydrogen-bond donors (Lipinski definition) is 2. The third kappa shape index (κ3) is 4.79. The van der Waals surface area contributed by atoms with Crippen LogP contribution in [0.2, 0.25) is 0 Å². The lowest BCUT2D eigenvalue weighted by Gasteiger charge is -2.39. The number of H-pyrrole nitrogens is 1. The Hall–Kier alpha value is -3.83. The SMILES string of the molecule is CCCNC1CN(C(=O)c2ccc(-n3cc(-c4n[nH]c5cc(OCCOC)c(F)cc45)nn3)cc2)C1. The van der Waals surface area contributed by atoms with E-state index in [2.05, 4.69) is 32.7 Å². The fourth-order valence-corrected chi connectivity index (χ4v) is 4.12. The summed E-state index contributed by atoms with van der Waals surface area (Å²) in [5, 5.41) is 19.6. The summed E-state index contributed by atoms with van der Waals surface area (Å²) < 4.78 is 26.5. The number of amides is 1. The number of carbonyl (C=O) groups is 1. The zero-order valence-corrected chi connectivity index (χ0v) is 20.2. The number of aromatic amines is 1. The van der Waals surface area contributed by atoms with Gasteiger partial charge < -0.3 is 19.7 Å². The molecule has 2 aromatic carbocycles. The first-order valence-electron chi connectivity index (χ1n) is 11.9. The number of rotatable bonds is 10. The van der Waals surface area contributed by atoms with Crippen LogP contribution in [0.4, 0.5) is 4.39 Å². The van der Waals surface area contributed by atoms with E-state index >= 15 is 0 Å². The van der Waals surface area contributed by atoms with E-state index in [0.717, 1.165) is 31.7 Å². The second-order valence-corrected chi connectivity index (χ2v) is 8.70. The zero-order valence-electron chi connectivity index (χ0n) is 20.2. The highest BCUT2D eigenvalue weighted by Gasteiger charge is 2.30. The van der Waals surface area contributed by atoms with Crippen LogP contribution in [0.1, 0.15) is 23.7 Å². The monoisotopic (exact) mass is 493 g/mol. The minimum absolute atomic E-state index is 0.0194. The molecule has 1 saturated heterocycles. The zero-order chi connectivity index (χ0) is 25.1. The molecular weight excluding hydrogens is 465 g/mol. The molecule has 2 aromatic heterocycles. The van der Waals surface area contributed by atoms with E-state index in [9.17, 15) is 9.18 Å². The molecule has 5 rings (SSSR count). The van der Waals surface area contributed by atoms with Crippen molar-refractivity contribution in [1.82, 2.24) is 35.4 Å². The average molecular weight is 494 g/mol. The number of benzene rings is 2. The van der Waals surface area contributed by atoms with E-state index in [4.69, 9.17) is 9.47 Å². The van der Waals surface area contributed by atoms with Gasteiger partial charge in [0.15, 0.2) is 11.6 Å². The first kappa shape index (κ1) is 23.9. The summed E-state index contributed by atoms with van der Waals surface area (Å²) >= 11 is 0. The summed E-state index contributed by atoms with van der Waals surface area (Å²) in [5.41, 5.74) is 2.96. The van der Waals surface area contributed by atoms with Gasteiger partial charge in [-0.05, 0) is 43.3 Å². The number of nitrogens with zero attached hydrogens (tertiary/aromatic N) is 5. The predicted octanol–water partition coefficient (Wildman–Crippen LogP) is 2.80. The number of nitrogens with one attached hydrogen (secondary N) is 2. The van der Waals surface area contributed by atoms with Gasteiger partial charge in [-0.25, -0.2) is 9.07 Å². The highest BCUT2D eigenvalue weighted by Crippen LogP contribution is 2.30. The summed E-state index contributed by atoms with van der Waals surface area (Å²) in [7, 11) is 1.56. The third-order valence-corrected chi connectivity index (χ3v) is 6.13. The highest BCUT2D eigenvalue weighted by molar-refractivity contribution is 5.95. The van der Waals surface area contributed by atoms with Gasteiger partial charge in [0.25, 0.3) is 5.91 Å². The molecule has 3 heterocycles. The van der Waals surface area contributed by atoms with Gasteiger partial charge in [-0.3, -0.25) is 9.89 Å². The third-order valence-electron chi connectivity index (χ3n) is 6.13. The van der Waals surface area contributed by atoms with E-state index in [1.807, 2.05) is 17.0 Å².